The molecule has 23 heavy (non-hydrogen) atoms. The van der Waals surface area contributed by atoms with E-state index in [1.54, 1.807) is 0 Å². The van der Waals surface area contributed by atoms with Gasteiger partial charge in [0.05, 0.1) is 0 Å². The Balaban J connectivity index is 2.00. The van der Waals surface area contributed by atoms with Crippen LogP contribution in [0.1, 0.15) is 16.7 Å². The summed E-state index contributed by atoms with van der Waals surface area (Å²) >= 11 is 11.3. The van der Waals surface area contributed by atoms with E-state index in [9.17, 15) is 0 Å². The number of benzene rings is 3. The van der Waals surface area contributed by atoms with Gasteiger partial charge in [0.15, 0.2) is 2.14 Å². The molecule has 4 rings (SSSR count). The van der Waals surface area contributed by atoms with Gasteiger partial charge in [-0.15, -0.1) is 0 Å². The van der Waals surface area contributed by atoms with Crippen LogP contribution < -0.4 is 0 Å². The van der Waals surface area contributed by atoms with Crippen molar-refractivity contribution in [2.45, 2.75) is 8.56 Å². The van der Waals surface area contributed by atoms with Gasteiger partial charge in [-0.2, -0.15) is 0 Å². The number of alkyl halides is 3. The average molecular weight is 493 g/mol. The van der Waals surface area contributed by atoms with E-state index >= 15 is 0 Å². The highest BCUT2D eigenvalue weighted by molar-refractivity contribution is 9.38. The normalized spacial score (nSPS) is 12.8. The zero-order valence-corrected chi connectivity index (χ0v) is 16.9. The Morgan fingerprint density at radius 1 is 0.652 bits per heavy atom. The molecule has 114 valence electrons. The first-order valence-electron chi connectivity index (χ1n) is 7.42. The predicted octanol–water partition coefficient (Wildman–Crippen LogP) is 7.22. The third-order valence-corrected chi connectivity index (χ3v) is 5.55. The highest BCUT2D eigenvalue weighted by Gasteiger charge is 2.32. The Hall–Kier alpha value is -0.900. The molecule has 0 bridgehead atoms. The van der Waals surface area contributed by atoms with Gasteiger partial charge in [-0.3, -0.25) is 0 Å². The lowest BCUT2D eigenvalue weighted by atomic mass is 9.93. The lowest BCUT2D eigenvalue weighted by Crippen LogP contribution is -2.06. The highest BCUT2D eigenvalue weighted by Crippen LogP contribution is 2.53. The molecule has 3 aromatic rings. The summed E-state index contributed by atoms with van der Waals surface area (Å²) in [5, 5.41) is 0. The molecule has 0 atom stereocenters. The van der Waals surface area contributed by atoms with Gasteiger partial charge in [0.2, 0.25) is 0 Å². The molecule has 0 nitrogen and oxygen atoms in total. The molecule has 0 radical (unpaired) electrons. The first-order valence-corrected chi connectivity index (χ1v) is 9.80. The summed E-state index contributed by atoms with van der Waals surface area (Å²) in [6.07, 6.45) is 0.964. The smallest absolute Gasteiger partial charge is 0.0622 e. The molecule has 0 amide bonds. The first-order chi connectivity index (χ1) is 11.1. The number of halogens is 3. The monoisotopic (exact) mass is 490 g/mol. The maximum Gasteiger partial charge on any atom is 0.160 e. The van der Waals surface area contributed by atoms with Crippen LogP contribution in [0.15, 0.2) is 66.7 Å². The highest BCUT2D eigenvalue weighted by atomic mass is 80.0. The van der Waals surface area contributed by atoms with Gasteiger partial charge in [-0.25, -0.2) is 0 Å². The zero-order chi connectivity index (χ0) is 16.0. The van der Waals surface area contributed by atoms with Crippen molar-refractivity contribution < 1.29 is 0 Å². The maximum absolute atomic E-state index is 3.77. The Labute approximate surface area is 161 Å². The molecule has 0 unspecified atom stereocenters. The maximum atomic E-state index is 3.77. The third kappa shape index (κ3) is 2.73. The summed E-state index contributed by atoms with van der Waals surface area (Å²) in [5.74, 6) is 0. The topological polar surface area (TPSA) is 0 Å². The lowest BCUT2D eigenvalue weighted by molar-refractivity contribution is 1.19. The second-order valence-electron chi connectivity index (χ2n) is 5.71. The van der Waals surface area contributed by atoms with Crippen LogP contribution in [0, 0.1) is 0 Å². The molecule has 0 aliphatic heterocycles. The van der Waals surface area contributed by atoms with Gasteiger partial charge in [0.1, 0.15) is 0 Å². The van der Waals surface area contributed by atoms with Crippen LogP contribution in [-0.4, -0.2) is 0 Å². The van der Waals surface area contributed by atoms with E-state index in [1.165, 1.54) is 38.9 Å². The van der Waals surface area contributed by atoms with Crippen molar-refractivity contribution >= 4 is 47.8 Å². The number of hydrogen-bond acceptors (Lipinski definition) is 0. The van der Waals surface area contributed by atoms with Crippen LogP contribution >= 0.6 is 47.8 Å². The molecule has 0 heterocycles. The molecule has 0 saturated heterocycles. The van der Waals surface area contributed by atoms with Crippen LogP contribution in [0.25, 0.3) is 22.3 Å². The molecule has 0 N–H and O–H groups in total. The number of hydrogen-bond donors (Lipinski definition) is 0. The van der Waals surface area contributed by atoms with Gasteiger partial charge in [0, 0.05) is 5.56 Å². The number of rotatable bonds is 1. The van der Waals surface area contributed by atoms with E-state index in [0.29, 0.717) is 0 Å². The summed E-state index contributed by atoms with van der Waals surface area (Å²) < 4.78 is -0.439. The van der Waals surface area contributed by atoms with E-state index in [-0.39, 0.29) is 0 Å². The Bertz CT molecular complexity index is 877. The Morgan fingerprint density at radius 2 is 1.30 bits per heavy atom. The molecule has 0 aromatic heterocycles. The van der Waals surface area contributed by atoms with Gasteiger partial charge < -0.3 is 0 Å². The molecule has 3 aromatic carbocycles. The molecule has 3 heteroatoms. The molecule has 0 fully saturated rings. The third-order valence-electron chi connectivity index (χ3n) is 4.36. The first kappa shape index (κ1) is 15.6. The Morgan fingerprint density at radius 3 is 2.04 bits per heavy atom. The molecule has 1 aliphatic rings. The lowest BCUT2D eigenvalue weighted by Gasteiger charge is -2.22. The van der Waals surface area contributed by atoms with Gasteiger partial charge >= 0.3 is 0 Å². The minimum absolute atomic E-state index is 0.439. The minimum atomic E-state index is -0.439. The van der Waals surface area contributed by atoms with E-state index in [2.05, 4.69) is 115 Å². The van der Waals surface area contributed by atoms with Crippen molar-refractivity contribution in [1.29, 1.82) is 0 Å². The van der Waals surface area contributed by atoms with E-state index in [4.69, 9.17) is 0 Å². The average Bonchev–Trinajstić information content (AvgIpc) is 2.92. The van der Waals surface area contributed by atoms with Crippen LogP contribution in [0.4, 0.5) is 0 Å². The molecule has 0 saturated carbocycles. The van der Waals surface area contributed by atoms with E-state index in [1.807, 2.05) is 0 Å². The quantitative estimate of drug-likeness (QED) is 0.246. The number of fused-ring (bicyclic) bond motifs is 3. The fraction of sp³-hybridized carbons (Fsp3) is 0.100. The largest absolute Gasteiger partial charge is 0.160 e. The van der Waals surface area contributed by atoms with Crippen molar-refractivity contribution in [3.05, 3.63) is 83.4 Å². The van der Waals surface area contributed by atoms with Crippen molar-refractivity contribution in [2.24, 2.45) is 0 Å². The summed E-state index contributed by atoms with van der Waals surface area (Å²) in [6, 6.07) is 23.7. The van der Waals surface area contributed by atoms with E-state index in [0.717, 1.165) is 6.42 Å². The van der Waals surface area contributed by atoms with Crippen LogP contribution in [0.5, 0.6) is 0 Å². The Kier molecular flexibility index (Phi) is 3.99. The fourth-order valence-corrected chi connectivity index (χ4v) is 4.75. The van der Waals surface area contributed by atoms with Crippen LogP contribution in [-0.2, 0) is 8.56 Å². The van der Waals surface area contributed by atoms with Gasteiger partial charge in [0.25, 0.3) is 0 Å². The van der Waals surface area contributed by atoms with Crippen molar-refractivity contribution in [3.63, 3.8) is 0 Å². The van der Waals surface area contributed by atoms with Gasteiger partial charge in [-0.1, -0.05) is 115 Å². The molecular formula is C20H13Br3. The summed E-state index contributed by atoms with van der Waals surface area (Å²) in [4.78, 5) is 0. The summed E-state index contributed by atoms with van der Waals surface area (Å²) in [7, 11) is 0. The second kappa shape index (κ2) is 5.87. The molecular weight excluding hydrogens is 480 g/mol. The van der Waals surface area contributed by atoms with Crippen LogP contribution in [0.2, 0.25) is 0 Å². The predicted molar refractivity (Wildman–Crippen MR) is 109 cm³/mol. The zero-order valence-electron chi connectivity index (χ0n) is 12.2. The molecule has 0 spiro atoms. The fourth-order valence-electron chi connectivity index (χ4n) is 3.39. The summed E-state index contributed by atoms with van der Waals surface area (Å²) in [5.41, 5.74) is 9.16. The van der Waals surface area contributed by atoms with Crippen molar-refractivity contribution in [3.8, 4) is 22.3 Å². The standard InChI is InChI=1S/C20H13Br3/c21-20(22,23)19-16(13-6-2-1-3-7-13)10-11-17-15-9-5-4-8-14(15)12-18(17)19/h1-11H,12H2. The minimum Gasteiger partial charge on any atom is -0.0622 e. The second-order valence-corrected chi connectivity index (χ2v) is 12.5. The van der Waals surface area contributed by atoms with E-state index < -0.39 is 2.14 Å². The van der Waals surface area contributed by atoms with Crippen molar-refractivity contribution in [1.82, 2.24) is 0 Å². The van der Waals surface area contributed by atoms with Crippen molar-refractivity contribution in [2.75, 3.05) is 0 Å². The van der Waals surface area contributed by atoms with Crippen LogP contribution in [0.3, 0.4) is 0 Å². The van der Waals surface area contributed by atoms with Gasteiger partial charge in [-0.05, 0) is 39.8 Å². The summed E-state index contributed by atoms with van der Waals surface area (Å²) in [6.45, 7) is 0. The molecule has 1 aliphatic carbocycles. The SMILES string of the molecule is BrC(Br)(Br)c1c(-c2ccccc2)ccc2c1Cc1ccccc1-2.